The summed E-state index contributed by atoms with van der Waals surface area (Å²) in [7, 11) is 1.62. The molecule has 2 bridgehead atoms. The van der Waals surface area contributed by atoms with Crippen LogP contribution in [0.3, 0.4) is 0 Å². The monoisotopic (exact) mass is 460 g/mol. The van der Waals surface area contributed by atoms with E-state index in [1.54, 1.807) is 38.3 Å². The van der Waals surface area contributed by atoms with Crippen LogP contribution in [0.1, 0.15) is 29.3 Å². The van der Waals surface area contributed by atoms with Crippen molar-refractivity contribution < 1.29 is 28.7 Å². The Bertz CT molecular complexity index is 1200. The Balaban J connectivity index is 1.27. The van der Waals surface area contributed by atoms with Gasteiger partial charge in [0.15, 0.2) is 0 Å². The molecule has 6 rings (SSSR count). The highest BCUT2D eigenvalue weighted by Crippen LogP contribution is 2.62. The van der Waals surface area contributed by atoms with Crippen LogP contribution in [-0.2, 0) is 19.2 Å². The van der Waals surface area contributed by atoms with Crippen molar-refractivity contribution in [1.29, 1.82) is 0 Å². The van der Waals surface area contributed by atoms with Crippen LogP contribution in [0, 0.1) is 29.6 Å². The molecule has 2 aromatic carbocycles. The number of carbonyl (C=O) groups excluding carboxylic acids is 3. The van der Waals surface area contributed by atoms with Crippen molar-refractivity contribution >= 4 is 29.2 Å². The van der Waals surface area contributed by atoms with Crippen molar-refractivity contribution in [2.75, 3.05) is 18.6 Å². The number of oxime groups is 1. The van der Waals surface area contributed by atoms with Gasteiger partial charge in [-0.1, -0.05) is 5.16 Å². The predicted octanol–water partition coefficient (Wildman–Crippen LogP) is 3.05. The lowest BCUT2D eigenvalue weighted by atomic mass is 9.71. The third-order valence-electron chi connectivity index (χ3n) is 7.71. The molecule has 2 aromatic rings. The van der Waals surface area contributed by atoms with Gasteiger partial charge in [0.1, 0.15) is 11.9 Å². The third kappa shape index (κ3) is 2.84. The minimum Gasteiger partial charge on any atom is -0.497 e. The van der Waals surface area contributed by atoms with Crippen molar-refractivity contribution in [1.82, 2.24) is 0 Å². The number of anilines is 1. The fourth-order valence-electron chi connectivity index (χ4n) is 6.34. The molecule has 174 valence electrons. The summed E-state index contributed by atoms with van der Waals surface area (Å²) in [6, 6.07) is 14.1. The number of imide groups is 1. The summed E-state index contributed by atoms with van der Waals surface area (Å²) in [5, 5.41) is 4.38. The first-order valence-electron chi connectivity index (χ1n) is 11.6. The van der Waals surface area contributed by atoms with Gasteiger partial charge in [-0.05, 0) is 67.8 Å². The van der Waals surface area contributed by atoms with Crippen molar-refractivity contribution in [2.45, 2.75) is 19.4 Å². The maximum absolute atomic E-state index is 13.5. The van der Waals surface area contributed by atoms with Crippen LogP contribution in [0.15, 0.2) is 53.7 Å². The molecule has 0 spiro atoms. The number of amides is 2. The van der Waals surface area contributed by atoms with Crippen LogP contribution in [0.2, 0.25) is 0 Å². The van der Waals surface area contributed by atoms with Gasteiger partial charge in [-0.25, -0.2) is 4.79 Å². The van der Waals surface area contributed by atoms with E-state index in [1.165, 1.54) is 4.90 Å². The van der Waals surface area contributed by atoms with E-state index in [9.17, 15) is 14.4 Å². The number of methoxy groups -OCH3 is 1. The number of carbonyl (C=O) groups is 3. The van der Waals surface area contributed by atoms with Crippen molar-refractivity contribution in [3.8, 4) is 5.75 Å². The van der Waals surface area contributed by atoms with Crippen LogP contribution in [0.4, 0.5) is 5.69 Å². The first-order valence-corrected chi connectivity index (χ1v) is 11.6. The van der Waals surface area contributed by atoms with Gasteiger partial charge in [-0.2, -0.15) is 0 Å². The largest absolute Gasteiger partial charge is 0.497 e. The minimum atomic E-state index is -0.432. The van der Waals surface area contributed by atoms with E-state index in [0.717, 1.165) is 23.4 Å². The standard InChI is InChI=1S/C26H24N2O6/c1-3-33-26(31)14-4-8-15(9-5-14)28-24(29)19-17-12-18(20(19)25(28)30)23-21(17)22(27-34-23)13-6-10-16(32-2)11-7-13/h4-11,17-21,23H,3,12H2,1-2H3/t17-,18+,19-,20+,21+,23+/m1/s1. The van der Waals surface area contributed by atoms with Crippen LogP contribution in [-0.4, -0.2) is 43.3 Å². The van der Waals surface area contributed by atoms with Crippen LogP contribution < -0.4 is 9.64 Å². The number of rotatable bonds is 5. The quantitative estimate of drug-likeness (QED) is 0.503. The summed E-state index contributed by atoms with van der Waals surface area (Å²) < 4.78 is 10.3. The summed E-state index contributed by atoms with van der Waals surface area (Å²) in [5.74, 6) is -0.863. The summed E-state index contributed by atoms with van der Waals surface area (Å²) in [6.07, 6.45) is 0.596. The number of nitrogens with zero attached hydrogens (tertiary/aromatic N) is 2. The summed E-state index contributed by atoms with van der Waals surface area (Å²) in [6.45, 7) is 2.02. The Morgan fingerprint density at radius 1 is 1.00 bits per heavy atom. The molecule has 1 saturated heterocycles. The Labute approximate surface area is 196 Å². The van der Waals surface area contributed by atoms with E-state index in [-0.39, 0.29) is 48.2 Å². The van der Waals surface area contributed by atoms with Crippen LogP contribution in [0.5, 0.6) is 5.75 Å². The fourth-order valence-corrected chi connectivity index (χ4v) is 6.34. The average molecular weight is 460 g/mol. The molecular formula is C26H24N2O6. The predicted molar refractivity (Wildman–Crippen MR) is 121 cm³/mol. The van der Waals surface area contributed by atoms with Gasteiger partial charge in [0.2, 0.25) is 11.8 Å². The number of hydrogen-bond acceptors (Lipinski definition) is 7. The number of esters is 1. The average Bonchev–Trinajstić information content (AvgIpc) is 3.60. The molecule has 0 radical (unpaired) electrons. The second-order valence-corrected chi connectivity index (χ2v) is 9.20. The molecule has 2 heterocycles. The summed E-state index contributed by atoms with van der Waals surface area (Å²) in [5.41, 5.74) is 2.65. The molecule has 2 amide bonds. The van der Waals surface area contributed by atoms with E-state index in [4.69, 9.17) is 14.3 Å². The Hall–Kier alpha value is -3.68. The number of fused-ring (bicyclic) bond motifs is 8. The molecule has 2 saturated carbocycles. The molecule has 0 aromatic heterocycles. The zero-order chi connectivity index (χ0) is 23.6. The highest BCUT2D eigenvalue weighted by Gasteiger charge is 2.70. The molecule has 3 fully saturated rings. The lowest BCUT2D eigenvalue weighted by Gasteiger charge is -2.29. The van der Waals surface area contributed by atoms with E-state index in [1.807, 2.05) is 24.3 Å². The van der Waals surface area contributed by atoms with Crippen molar-refractivity contribution in [3.05, 3.63) is 59.7 Å². The molecule has 34 heavy (non-hydrogen) atoms. The fraction of sp³-hybridized carbons (Fsp3) is 0.385. The maximum Gasteiger partial charge on any atom is 0.338 e. The molecule has 0 N–H and O–H groups in total. The van der Waals surface area contributed by atoms with Gasteiger partial charge >= 0.3 is 5.97 Å². The Kier molecular flexibility index (Phi) is 4.72. The first-order chi connectivity index (χ1) is 16.5. The molecule has 2 aliphatic heterocycles. The molecule has 2 aliphatic carbocycles. The van der Waals surface area contributed by atoms with Gasteiger partial charge in [-0.15, -0.1) is 0 Å². The maximum atomic E-state index is 13.5. The van der Waals surface area contributed by atoms with Gasteiger partial charge in [0.05, 0.1) is 42.5 Å². The van der Waals surface area contributed by atoms with E-state index < -0.39 is 11.9 Å². The van der Waals surface area contributed by atoms with Gasteiger partial charge < -0.3 is 14.3 Å². The zero-order valence-electron chi connectivity index (χ0n) is 18.8. The molecule has 8 nitrogen and oxygen atoms in total. The number of ether oxygens (including phenoxy) is 2. The first kappa shape index (κ1) is 20.9. The Morgan fingerprint density at radius 3 is 2.32 bits per heavy atom. The van der Waals surface area contributed by atoms with Crippen LogP contribution >= 0.6 is 0 Å². The van der Waals surface area contributed by atoms with E-state index in [0.29, 0.717) is 11.3 Å². The van der Waals surface area contributed by atoms with Crippen molar-refractivity contribution in [3.63, 3.8) is 0 Å². The third-order valence-corrected chi connectivity index (χ3v) is 7.71. The highest BCUT2D eigenvalue weighted by molar-refractivity contribution is 6.23. The smallest absolute Gasteiger partial charge is 0.338 e. The molecule has 8 heteroatoms. The lowest BCUT2D eigenvalue weighted by Crippen LogP contribution is -2.41. The summed E-state index contributed by atoms with van der Waals surface area (Å²) >= 11 is 0. The SMILES string of the molecule is CCOC(=O)c1ccc(N2C(=O)[C@@H]3[C@H]4C[C@H]([C@@H]5ON=C(c6ccc(OC)cc6)[C@H]45)[C@@H]3C2=O)cc1. The second kappa shape index (κ2) is 7.68. The second-order valence-electron chi connectivity index (χ2n) is 9.20. The topological polar surface area (TPSA) is 94.5 Å². The highest BCUT2D eigenvalue weighted by atomic mass is 16.6. The molecule has 6 atom stereocenters. The van der Waals surface area contributed by atoms with Crippen molar-refractivity contribution in [2.24, 2.45) is 34.7 Å². The molecular weight excluding hydrogens is 436 g/mol. The van der Waals surface area contributed by atoms with Gasteiger partial charge in [-0.3, -0.25) is 14.5 Å². The van der Waals surface area contributed by atoms with E-state index in [2.05, 4.69) is 5.16 Å². The molecule has 4 aliphatic rings. The zero-order valence-corrected chi connectivity index (χ0v) is 18.8. The summed E-state index contributed by atoms with van der Waals surface area (Å²) in [4.78, 5) is 46.1. The lowest BCUT2D eigenvalue weighted by molar-refractivity contribution is -0.125. The number of hydrogen-bond donors (Lipinski definition) is 0. The van der Waals surface area contributed by atoms with Crippen LogP contribution in [0.25, 0.3) is 0 Å². The number of benzene rings is 2. The van der Waals surface area contributed by atoms with Gasteiger partial charge in [0, 0.05) is 17.4 Å². The normalized spacial score (nSPS) is 30.6. The van der Waals surface area contributed by atoms with Gasteiger partial charge in [0.25, 0.3) is 0 Å². The minimum absolute atomic E-state index is 0.00334. The van der Waals surface area contributed by atoms with E-state index >= 15 is 0 Å². The Morgan fingerprint density at radius 2 is 1.68 bits per heavy atom. The molecule has 0 unspecified atom stereocenters.